The van der Waals surface area contributed by atoms with E-state index in [4.69, 9.17) is 0 Å². The van der Waals surface area contributed by atoms with E-state index in [2.05, 4.69) is 15.4 Å². The smallest absolute Gasteiger partial charge is 0.277 e. The van der Waals surface area contributed by atoms with Crippen molar-refractivity contribution in [2.75, 3.05) is 5.32 Å². The van der Waals surface area contributed by atoms with E-state index in [0.717, 1.165) is 5.65 Å². The fraction of sp³-hybridized carbons (Fsp3) is 0.0833. The zero-order valence-electron chi connectivity index (χ0n) is 9.74. The van der Waals surface area contributed by atoms with Crippen molar-refractivity contribution in [3.8, 4) is 0 Å². The van der Waals surface area contributed by atoms with E-state index in [-0.39, 0.29) is 5.91 Å². The van der Waals surface area contributed by atoms with Gasteiger partial charge in [0, 0.05) is 19.4 Å². The van der Waals surface area contributed by atoms with Gasteiger partial charge in [0.2, 0.25) is 0 Å². The maximum atomic E-state index is 11.9. The first-order valence-electron chi connectivity index (χ1n) is 5.47. The Balaban J connectivity index is 1.86. The molecular weight excluding hydrogens is 230 g/mol. The van der Waals surface area contributed by atoms with Gasteiger partial charge in [-0.1, -0.05) is 6.07 Å². The SMILES string of the molecule is Cn1ccc(C(=O)Nc2cn3ccccc3n2)n1. The molecule has 0 aliphatic rings. The molecule has 0 unspecified atom stereocenters. The summed E-state index contributed by atoms with van der Waals surface area (Å²) in [5.74, 6) is 0.246. The third-order valence-electron chi connectivity index (χ3n) is 2.55. The highest BCUT2D eigenvalue weighted by atomic mass is 16.2. The van der Waals surface area contributed by atoms with Crippen LogP contribution in [0.5, 0.6) is 0 Å². The Hall–Kier alpha value is -2.63. The van der Waals surface area contributed by atoms with Gasteiger partial charge in [0.05, 0.1) is 6.20 Å². The summed E-state index contributed by atoms with van der Waals surface area (Å²) in [5.41, 5.74) is 1.16. The van der Waals surface area contributed by atoms with Crippen LogP contribution in [0.25, 0.3) is 5.65 Å². The number of imidazole rings is 1. The van der Waals surface area contributed by atoms with Crippen molar-refractivity contribution in [1.82, 2.24) is 19.2 Å². The lowest BCUT2D eigenvalue weighted by atomic mass is 10.4. The Morgan fingerprint density at radius 3 is 2.89 bits per heavy atom. The number of carbonyl (C=O) groups excluding carboxylic acids is 1. The molecule has 0 radical (unpaired) electrons. The number of aryl methyl sites for hydroxylation is 1. The quantitative estimate of drug-likeness (QED) is 0.736. The first kappa shape index (κ1) is 10.5. The van der Waals surface area contributed by atoms with Gasteiger partial charge < -0.3 is 9.72 Å². The van der Waals surface area contributed by atoms with Gasteiger partial charge in [-0.25, -0.2) is 4.98 Å². The average molecular weight is 241 g/mol. The molecule has 3 aromatic heterocycles. The van der Waals surface area contributed by atoms with Crippen LogP contribution in [0.3, 0.4) is 0 Å². The van der Waals surface area contributed by atoms with Gasteiger partial charge in [0.25, 0.3) is 5.91 Å². The highest BCUT2D eigenvalue weighted by molar-refractivity contribution is 6.02. The summed E-state index contributed by atoms with van der Waals surface area (Å²) in [7, 11) is 1.77. The molecule has 0 aliphatic carbocycles. The van der Waals surface area contributed by atoms with Gasteiger partial charge >= 0.3 is 0 Å². The fourth-order valence-corrected chi connectivity index (χ4v) is 1.71. The lowest BCUT2D eigenvalue weighted by molar-refractivity contribution is 0.102. The molecule has 0 saturated carbocycles. The van der Waals surface area contributed by atoms with E-state index in [1.54, 1.807) is 30.2 Å². The standard InChI is InChI=1S/C12H11N5O/c1-16-7-5-9(15-16)12(18)14-10-8-17-6-3-2-4-11(17)13-10/h2-8H,1H3,(H,14,18). The number of rotatable bonds is 2. The topological polar surface area (TPSA) is 64.2 Å². The second kappa shape index (κ2) is 3.99. The number of hydrogen-bond acceptors (Lipinski definition) is 3. The van der Waals surface area contributed by atoms with Crippen molar-refractivity contribution in [3.63, 3.8) is 0 Å². The summed E-state index contributed by atoms with van der Waals surface area (Å²) in [6.07, 6.45) is 5.35. The van der Waals surface area contributed by atoms with Crippen LogP contribution in [-0.2, 0) is 7.05 Å². The van der Waals surface area contributed by atoms with Gasteiger partial charge in [-0.2, -0.15) is 5.10 Å². The van der Waals surface area contributed by atoms with E-state index < -0.39 is 0 Å². The number of nitrogens with one attached hydrogen (secondary N) is 1. The number of pyridine rings is 1. The molecule has 0 saturated heterocycles. The van der Waals surface area contributed by atoms with Crippen LogP contribution < -0.4 is 5.32 Å². The minimum Gasteiger partial charge on any atom is -0.305 e. The number of aromatic nitrogens is 4. The van der Waals surface area contributed by atoms with Gasteiger partial charge in [0.1, 0.15) is 5.65 Å². The molecule has 0 spiro atoms. The number of hydrogen-bond donors (Lipinski definition) is 1. The molecular formula is C12H11N5O. The van der Waals surface area contributed by atoms with Crippen molar-refractivity contribution in [2.45, 2.75) is 0 Å². The first-order chi connectivity index (χ1) is 8.72. The number of carbonyl (C=O) groups is 1. The monoisotopic (exact) mass is 241 g/mol. The second-order valence-electron chi connectivity index (χ2n) is 3.92. The minimum absolute atomic E-state index is 0.265. The lowest BCUT2D eigenvalue weighted by Gasteiger charge is -1.96. The third-order valence-corrected chi connectivity index (χ3v) is 2.55. The van der Waals surface area contributed by atoms with Crippen molar-refractivity contribution in [3.05, 3.63) is 48.5 Å². The zero-order chi connectivity index (χ0) is 12.5. The molecule has 0 fully saturated rings. The summed E-state index contributed by atoms with van der Waals surface area (Å²) in [5, 5.41) is 6.74. The summed E-state index contributed by atoms with van der Waals surface area (Å²) < 4.78 is 3.42. The van der Waals surface area contributed by atoms with Crippen molar-refractivity contribution < 1.29 is 4.79 Å². The van der Waals surface area contributed by atoms with Gasteiger partial charge in [-0.3, -0.25) is 9.48 Å². The molecule has 0 atom stereocenters. The lowest BCUT2D eigenvalue weighted by Crippen LogP contribution is -2.13. The molecule has 18 heavy (non-hydrogen) atoms. The third kappa shape index (κ3) is 1.84. The highest BCUT2D eigenvalue weighted by Crippen LogP contribution is 2.10. The summed E-state index contributed by atoms with van der Waals surface area (Å²) in [6, 6.07) is 7.33. The zero-order valence-corrected chi connectivity index (χ0v) is 9.74. The van der Waals surface area contributed by atoms with Crippen LogP contribution in [0.1, 0.15) is 10.5 Å². The van der Waals surface area contributed by atoms with E-state index >= 15 is 0 Å². The van der Waals surface area contributed by atoms with E-state index in [1.807, 2.05) is 28.8 Å². The second-order valence-corrected chi connectivity index (χ2v) is 3.92. The summed E-state index contributed by atoms with van der Waals surface area (Å²) >= 11 is 0. The molecule has 6 nitrogen and oxygen atoms in total. The van der Waals surface area contributed by atoms with Crippen LogP contribution in [0.15, 0.2) is 42.9 Å². The molecule has 1 N–H and O–H groups in total. The number of nitrogens with zero attached hydrogens (tertiary/aromatic N) is 4. The van der Waals surface area contributed by atoms with Crippen LogP contribution >= 0.6 is 0 Å². The van der Waals surface area contributed by atoms with Crippen molar-refractivity contribution in [2.24, 2.45) is 7.05 Å². The highest BCUT2D eigenvalue weighted by Gasteiger charge is 2.10. The number of fused-ring (bicyclic) bond motifs is 1. The molecule has 1 amide bonds. The van der Waals surface area contributed by atoms with E-state index in [0.29, 0.717) is 11.5 Å². The van der Waals surface area contributed by atoms with Gasteiger partial charge in [-0.15, -0.1) is 0 Å². The molecule has 3 aromatic rings. The Morgan fingerprint density at radius 2 is 2.17 bits per heavy atom. The maximum absolute atomic E-state index is 11.9. The summed E-state index contributed by atoms with van der Waals surface area (Å²) in [4.78, 5) is 16.1. The molecule has 0 aliphatic heterocycles. The fourth-order valence-electron chi connectivity index (χ4n) is 1.71. The van der Waals surface area contributed by atoms with Crippen LogP contribution in [-0.4, -0.2) is 25.1 Å². The summed E-state index contributed by atoms with van der Waals surface area (Å²) in [6.45, 7) is 0. The van der Waals surface area contributed by atoms with Crippen molar-refractivity contribution in [1.29, 1.82) is 0 Å². The van der Waals surface area contributed by atoms with Crippen LogP contribution in [0.4, 0.5) is 5.82 Å². The molecule has 0 aromatic carbocycles. The molecule has 90 valence electrons. The normalized spacial score (nSPS) is 10.7. The number of amides is 1. The molecule has 0 bridgehead atoms. The molecule has 3 rings (SSSR count). The van der Waals surface area contributed by atoms with Gasteiger partial charge in [-0.05, 0) is 18.2 Å². The Labute approximate surface area is 103 Å². The Bertz CT molecular complexity index is 679. The average Bonchev–Trinajstić information content (AvgIpc) is 2.94. The largest absolute Gasteiger partial charge is 0.305 e. The number of anilines is 1. The predicted octanol–water partition coefficient (Wildman–Crippen LogP) is 1.32. The maximum Gasteiger partial charge on any atom is 0.277 e. The Morgan fingerprint density at radius 1 is 1.28 bits per heavy atom. The van der Waals surface area contributed by atoms with E-state index in [1.165, 1.54) is 0 Å². The van der Waals surface area contributed by atoms with Gasteiger partial charge in [0.15, 0.2) is 11.5 Å². The Kier molecular flexibility index (Phi) is 2.33. The minimum atomic E-state index is -0.265. The molecule has 6 heteroatoms. The predicted molar refractivity (Wildman–Crippen MR) is 66.4 cm³/mol. The van der Waals surface area contributed by atoms with Crippen LogP contribution in [0.2, 0.25) is 0 Å². The first-order valence-corrected chi connectivity index (χ1v) is 5.47. The molecule has 3 heterocycles. The van der Waals surface area contributed by atoms with Crippen LogP contribution in [0, 0.1) is 0 Å². The van der Waals surface area contributed by atoms with Crippen molar-refractivity contribution >= 4 is 17.4 Å². The van der Waals surface area contributed by atoms with E-state index in [9.17, 15) is 4.79 Å².